The zero-order chi connectivity index (χ0) is 18.0. The van der Waals surface area contributed by atoms with Crippen LogP contribution in [0.5, 0.6) is 0 Å². The Balaban J connectivity index is 1.68. The molecule has 1 amide bonds. The van der Waals surface area contributed by atoms with Gasteiger partial charge in [0, 0.05) is 48.3 Å². The van der Waals surface area contributed by atoms with E-state index in [0.717, 1.165) is 10.2 Å². The summed E-state index contributed by atoms with van der Waals surface area (Å²) in [5, 5.41) is 11.2. The standard InChI is InChI=1S/C17H15BrClN3O3/c18-13-3-1-2-12(10-13)17(23)21-8-6-20(7-9-21)16-5-4-14(22(24)25)11-15(16)19/h1-5,10-11H,6-9H2. The molecule has 130 valence electrons. The number of carbonyl (C=O) groups excluding carboxylic acids is 1. The van der Waals surface area contributed by atoms with Crippen molar-refractivity contribution in [1.82, 2.24) is 4.90 Å². The number of nitro groups is 1. The van der Waals surface area contributed by atoms with Gasteiger partial charge >= 0.3 is 0 Å². The van der Waals surface area contributed by atoms with Crippen molar-refractivity contribution in [2.75, 3.05) is 31.1 Å². The van der Waals surface area contributed by atoms with E-state index < -0.39 is 4.92 Å². The summed E-state index contributed by atoms with van der Waals surface area (Å²) in [5.41, 5.74) is 1.37. The molecule has 8 heteroatoms. The van der Waals surface area contributed by atoms with E-state index in [1.54, 1.807) is 17.0 Å². The Hall–Kier alpha value is -2.12. The summed E-state index contributed by atoms with van der Waals surface area (Å²) in [6.45, 7) is 2.38. The van der Waals surface area contributed by atoms with Crippen LogP contribution in [0.3, 0.4) is 0 Å². The molecule has 3 rings (SSSR count). The summed E-state index contributed by atoms with van der Waals surface area (Å²) in [7, 11) is 0. The molecule has 0 N–H and O–H groups in total. The lowest BCUT2D eigenvalue weighted by molar-refractivity contribution is -0.384. The molecule has 2 aromatic rings. The quantitative estimate of drug-likeness (QED) is 0.552. The van der Waals surface area contributed by atoms with Crippen LogP contribution in [0.1, 0.15) is 10.4 Å². The fraction of sp³-hybridized carbons (Fsp3) is 0.235. The summed E-state index contributed by atoms with van der Waals surface area (Å²) >= 11 is 9.56. The molecule has 0 spiro atoms. The van der Waals surface area contributed by atoms with Gasteiger partial charge in [0.1, 0.15) is 0 Å². The third kappa shape index (κ3) is 3.93. The van der Waals surface area contributed by atoms with Gasteiger partial charge in [-0.25, -0.2) is 0 Å². The number of hydrogen-bond donors (Lipinski definition) is 0. The van der Waals surface area contributed by atoms with Crippen LogP contribution >= 0.6 is 27.5 Å². The van der Waals surface area contributed by atoms with Crippen molar-refractivity contribution >= 4 is 44.8 Å². The number of nitro benzene ring substituents is 1. The second-order valence-corrected chi connectivity index (χ2v) is 7.01. The van der Waals surface area contributed by atoms with Crippen molar-refractivity contribution < 1.29 is 9.72 Å². The highest BCUT2D eigenvalue weighted by Gasteiger charge is 2.24. The summed E-state index contributed by atoms with van der Waals surface area (Å²) in [6.07, 6.45) is 0. The van der Waals surface area contributed by atoms with Gasteiger partial charge in [-0.1, -0.05) is 33.6 Å². The Morgan fingerprint density at radius 3 is 2.44 bits per heavy atom. The van der Waals surface area contributed by atoms with Crippen molar-refractivity contribution in [3.8, 4) is 0 Å². The first-order chi connectivity index (χ1) is 12.0. The Morgan fingerprint density at radius 1 is 1.12 bits per heavy atom. The lowest BCUT2D eigenvalue weighted by Gasteiger charge is -2.36. The Labute approximate surface area is 158 Å². The molecule has 0 saturated carbocycles. The third-order valence-electron chi connectivity index (χ3n) is 4.12. The van der Waals surface area contributed by atoms with Crippen molar-refractivity contribution in [2.45, 2.75) is 0 Å². The SMILES string of the molecule is O=C(c1cccc(Br)c1)N1CCN(c2ccc([N+](=O)[O-])cc2Cl)CC1. The monoisotopic (exact) mass is 423 g/mol. The number of non-ortho nitro benzene ring substituents is 1. The van der Waals surface area contributed by atoms with Crippen LogP contribution in [0.25, 0.3) is 0 Å². The molecule has 1 aliphatic rings. The second-order valence-electron chi connectivity index (χ2n) is 5.68. The normalized spacial score (nSPS) is 14.5. The van der Waals surface area contributed by atoms with E-state index in [0.29, 0.717) is 36.8 Å². The van der Waals surface area contributed by atoms with Crippen LogP contribution in [0, 0.1) is 10.1 Å². The number of anilines is 1. The van der Waals surface area contributed by atoms with Gasteiger partial charge in [-0.3, -0.25) is 14.9 Å². The molecule has 6 nitrogen and oxygen atoms in total. The van der Waals surface area contributed by atoms with E-state index in [1.165, 1.54) is 12.1 Å². The zero-order valence-electron chi connectivity index (χ0n) is 13.2. The van der Waals surface area contributed by atoms with E-state index in [2.05, 4.69) is 15.9 Å². The highest BCUT2D eigenvalue weighted by atomic mass is 79.9. The minimum atomic E-state index is -0.468. The maximum atomic E-state index is 12.6. The molecule has 0 atom stereocenters. The number of carbonyl (C=O) groups is 1. The van der Waals surface area contributed by atoms with Gasteiger partial charge in [0.15, 0.2) is 0 Å². The number of amides is 1. The van der Waals surface area contributed by atoms with Gasteiger partial charge in [0.25, 0.3) is 11.6 Å². The topological polar surface area (TPSA) is 66.7 Å². The predicted molar refractivity (Wildman–Crippen MR) is 100 cm³/mol. The van der Waals surface area contributed by atoms with E-state index in [9.17, 15) is 14.9 Å². The fourth-order valence-electron chi connectivity index (χ4n) is 2.82. The largest absolute Gasteiger partial charge is 0.367 e. The number of hydrogen-bond acceptors (Lipinski definition) is 4. The minimum absolute atomic E-state index is 0.00394. The highest BCUT2D eigenvalue weighted by Crippen LogP contribution is 2.30. The van der Waals surface area contributed by atoms with Crippen LogP contribution < -0.4 is 4.90 Å². The molecule has 2 aromatic carbocycles. The number of rotatable bonds is 3. The van der Waals surface area contributed by atoms with Gasteiger partial charge in [0.05, 0.1) is 15.6 Å². The first kappa shape index (κ1) is 17.7. The molecule has 1 aliphatic heterocycles. The van der Waals surface area contributed by atoms with Gasteiger partial charge in [0.2, 0.25) is 0 Å². The lowest BCUT2D eigenvalue weighted by Crippen LogP contribution is -2.48. The van der Waals surface area contributed by atoms with Crippen molar-refractivity contribution in [2.24, 2.45) is 0 Å². The first-order valence-corrected chi connectivity index (χ1v) is 8.86. The third-order valence-corrected chi connectivity index (χ3v) is 4.92. The lowest BCUT2D eigenvalue weighted by atomic mass is 10.1. The molecule has 25 heavy (non-hydrogen) atoms. The summed E-state index contributed by atoms with van der Waals surface area (Å²) in [6, 6.07) is 11.8. The Kier molecular flexibility index (Phi) is 5.24. The molecular formula is C17H15BrClN3O3. The molecular weight excluding hydrogens is 410 g/mol. The number of benzene rings is 2. The van der Waals surface area contributed by atoms with Crippen molar-refractivity contribution in [3.05, 3.63) is 67.6 Å². The second kappa shape index (κ2) is 7.41. The molecule has 1 saturated heterocycles. The molecule has 0 unspecified atom stereocenters. The van der Waals surface area contributed by atoms with E-state index in [4.69, 9.17) is 11.6 Å². The average Bonchev–Trinajstić information content (AvgIpc) is 2.61. The van der Waals surface area contributed by atoms with Crippen molar-refractivity contribution in [1.29, 1.82) is 0 Å². The number of nitrogens with zero attached hydrogens (tertiary/aromatic N) is 3. The molecule has 1 heterocycles. The van der Waals surface area contributed by atoms with Gasteiger partial charge in [-0.15, -0.1) is 0 Å². The first-order valence-electron chi connectivity index (χ1n) is 7.69. The molecule has 1 fully saturated rings. The minimum Gasteiger partial charge on any atom is -0.367 e. The Morgan fingerprint density at radius 2 is 1.84 bits per heavy atom. The van der Waals surface area contributed by atoms with Gasteiger partial charge in [-0.2, -0.15) is 0 Å². The molecule has 0 bridgehead atoms. The maximum Gasteiger partial charge on any atom is 0.271 e. The maximum absolute atomic E-state index is 12.6. The van der Waals surface area contributed by atoms with E-state index in [-0.39, 0.29) is 11.6 Å². The fourth-order valence-corrected chi connectivity index (χ4v) is 3.51. The Bertz CT molecular complexity index is 823. The van der Waals surface area contributed by atoms with Crippen LogP contribution in [-0.2, 0) is 0 Å². The van der Waals surface area contributed by atoms with Crippen LogP contribution in [-0.4, -0.2) is 41.9 Å². The van der Waals surface area contributed by atoms with Gasteiger partial charge in [-0.05, 0) is 24.3 Å². The van der Waals surface area contributed by atoms with Gasteiger partial charge < -0.3 is 9.80 Å². The highest BCUT2D eigenvalue weighted by molar-refractivity contribution is 9.10. The molecule has 0 aliphatic carbocycles. The summed E-state index contributed by atoms with van der Waals surface area (Å²) in [4.78, 5) is 26.7. The average molecular weight is 425 g/mol. The molecule has 0 aromatic heterocycles. The van der Waals surface area contributed by atoms with E-state index in [1.807, 2.05) is 23.1 Å². The summed E-state index contributed by atoms with van der Waals surface area (Å²) < 4.78 is 0.870. The van der Waals surface area contributed by atoms with Crippen LogP contribution in [0.4, 0.5) is 11.4 Å². The van der Waals surface area contributed by atoms with Crippen LogP contribution in [0.15, 0.2) is 46.9 Å². The number of halogens is 2. The predicted octanol–water partition coefficient (Wildman–Crippen LogP) is 3.97. The zero-order valence-corrected chi connectivity index (χ0v) is 15.5. The van der Waals surface area contributed by atoms with Crippen molar-refractivity contribution in [3.63, 3.8) is 0 Å². The van der Waals surface area contributed by atoms with Crippen LogP contribution in [0.2, 0.25) is 5.02 Å². The smallest absolute Gasteiger partial charge is 0.271 e. The summed E-state index contributed by atoms with van der Waals surface area (Å²) in [5.74, 6) is -0.00394. The van der Waals surface area contributed by atoms with E-state index >= 15 is 0 Å². The molecule has 0 radical (unpaired) electrons. The number of piperazine rings is 1.